The maximum atomic E-state index is 12.2. The molecule has 0 fully saturated rings. The number of thioether (sulfide) groups is 1. The maximum absolute atomic E-state index is 12.2. The van der Waals surface area contributed by atoms with Crippen LogP contribution < -0.4 is 14.8 Å². The Balaban J connectivity index is 1.52. The van der Waals surface area contributed by atoms with E-state index >= 15 is 0 Å². The molecule has 24 heavy (non-hydrogen) atoms. The molecule has 1 aromatic heterocycles. The van der Waals surface area contributed by atoms with Crippen LogP contribution in [0.4, 0.5) is 0 Å². The monoisotopic (exact) mass is 349 g/mol. The molecule has 1 amide bonds. The van der Waals surface area contributed by atoms with Gasteiger partial charge in [0.05, 0.1) is 5.25 Å². The molecule has 0 saturated heterocycles. The number of nitrogens with zero attached hydrogens (tertiary/aromatic N) is 2. The number of rotatable bonds is 6. The van der Waals surface area contributed by atoms with E-state index in [1.807, 2.05) is 32.0 Å². The summed E-state index contributed by atoms with van der Waals surface area (Å²) in [6.07, 6.45) is 0. The lowest BCUT2D eigenvalue weighted by molar-refractivity contribution is -0.120. The molecule has 1 atom stereocenters. The van der Waals surface area contributed by atoms with Gasteiger partial charge in [-0.05, 0) is 24.6 Å². The predicted molar refractivity (Wildman–Crippen MR) is 88.1 cm³/mol. The van der Waals surface area contributed by atoms with Crippen molar-refractivity contribution in [2.75, 3.05) is 6.79 Å². The van der Waals surface area contributed by atoms with Gasteiger partial charge < -0.3 is 19.2 Å². The summed E-state index contributed by atoms with van der Waals surface area (Å²) in [4.78, 5) is 12.2. The first-order valence-corrected chi connectivity index (χ1v) is 8.57. The van der Waals surface area contributed by atoms with Gasteiger partial charge in [0.1, 0.15) is 0 Å². The van der Waals surface area contributed by atoms with Crippen LogP contribution in [0, 0.1) is 0 Å². The first-order chi connectivity index (χ1) is 11.5. The van der Waals surface area contributed by atoms with E-state index in [4.69, 9.17) is 13.9 Å². The van der Waals surface area contributed by atoms with E-state index in [0.717, 1.165) is 11.3 Å². The average Bonchev–Trinajstić information content (AvgIpc) is 3.20. The zero-order chi connectivity index (χ0) is 17.1. The van der Waals surface area contributed by atoms with Crippen LogP contribution in [0.15, 0.2) is 27.8 Å². The summed E-state index contributed by atoms with van der Waals surface area (Å²) in [6.45, 7) is 6.41. The molecule has 1 aliphatic rings. The van der Waals surface area contributed by atoms with Crippen molar-refractivity contribution in [2.24, 2.45) is 0 Å². The summed E-state index contributed by atoms with van der Waals surface area (Å²) in [5.41, 5.74) is 0.949. The first kappa shape index (κ1) is 16.6. The Morgan fingerprint density at radius 2 is 2.04 bits per heavy atom. The largest absolute Gasteiger partial charge is 0.454 e. The summed E-state index contributed by atoms with van der Waals surface area (Å²) in [5, 5.41) is 10.9. The van der Waals surface area contributed by atoms with E-state index in [1.54, 1.807) is 6.92 Å². The standard InChI is InChI=1S/C16H19N3O4S/c1-9(2)15-18-19-16(23-15)24-10(3)14(20)17-7-11-4-5-12-13(6-11)22-8-21-12/h4-6,9-10H,7-8H2,1-3H3,(H,17,20)/t10-/m1/s1. The lowest BCUT2D eigenvalue weighted by atomic mass is 10.2. The van der Waals surface area contributed by atoms with Crippen LogP contribution in [0.2, 0.25) is 0 Å². The van der Waals surface area contributed by atoms with Gasteiger partial charge in [-0.15, -0.1) is 10.2 Å². The van der Waals surface area contributed by atoms with E-state index < -0.39 is 0 Å². The highest BCUT2D eigenvalue weighted by Crippen LogP contribution is 2.32. The van der Waals surface area contributed by atoms with Gasteiger partial charge in [-0.3, -0.25) is 4.79 Å². The molecule has 7 nitrogen and oxygen atoms in total. The molecule has 0 bridgehead atoms. The Labute approximate surface area is 144 Å². The minimum Gasteiger partial charge on any atom is -0.454 e. The molecule has 1 aliphatic heterocycles. The highest BCUT2D eigenvalue weighted by atomic mass is 32.2. The Morgan fingerprint density at radius 1 is 1.25 bits per heavy atom. The van der Waals surface area contributed by atoms with Crippen LogP contribution in [0.3, 0.4) is 0 Å². The van der Waals surface area contributed by atoms with Crippen molar-refractivity contribution in [1.82, 2.24) is 15.5 Å². The molecule has 0 spiro atoms. The summed E-state index contributed by atoms with van der Waals surface area (Å²) in [5.74, 6) is 2.08. The maximum Gasteiger partial charge on any atom is 0.277 e. The SMILES string of the molecule is CC(C)c1nnc(S[C@H](C)C(=O)NCc2ccc3c(c2)OCO3)o1. The van der Waals surface area contributed by atoms with E-state index in [9.17, 15) is 4.79 Å². The molecule has 128 valence electrons. The Hall–Kier alpha value is -2.22. The summed E-state index contributed by atoms with van der Waals surface area (Å²) in [6, 6.07) is 5.61. The summed E-state index contributed by atoms with van der Waals surface area (Å²) >= 11 is 1.25. The van der Waals surface area contributed by atoms with E-state index in [0.29, 0.717) is 23.4 Å². The van der Waals surface area contributed by atoms with E-state index in [2.05, 4.69) is 15.5 Å². The van der Waals surface area contributed by atoms with Crippen LogP contribution in [-0.4, -0.2) is 28.1 Å². The average molecular weight is 349 g/mol. The van der Waals surface area contributed by atoms with E-state index in [1.165, 1.54) is 11.8 Å². The molecule has 0 radical (unpaired) electrons. The van der Waals surface area contributed by atoms with Crippen molar-refractivity contribution in [1.29, 1.82) is 0 Å². The van der Waals surface area contributed by atoms with Crippen LogP contribution in [0.5, 0.6) is 11.5 Å². The molecule has 3 rings (SSSR count). The topological polar surface area (TPSA) is 86.5 Å². The minimum absolute atomic E-state index is 0.0954. The second-order valence-corrected chi connectivity index (χ2v) is 7.02. The number of benzene rings is 1. The van der Waals surface area contributed by atoms with Gasteiger partial charge in [0.15, 0.2) is 11.5 Å². The lowest BCUT2D eigenvalue weighted by Crippen LogP contribution is -2.30. The number of nitrogens with one attached hydrogen (secondary N) is 1. The molecule has 0 unspecified atom stereocenters. The zero-order valence-electron chi connectivity index (χ0n) is 13.7. The number of fused-ring (bicyclic) bond motifs is 1. The minimum atomic E-state index is -0.334. The van der Waals surface area contributed by atoms with Crippen molar-refractivity contribution in [2.45, 2.75) is 43.7 Å². The Kier molecular flexibility index (Phi) is 4.94. The van der Waals surface area contributed by atoms with Gasteiger partial charge in [-0.25, -0.2) is 0 Å². The Morgan fingerprint density at radius 3 is 2.79 bits per heavy atom. The molecule has 8 heteroatoms. The number of amides is 1. The summed E-state index contributed by atoms with van der Waals surface area (Å²) in [7, 11) is 0. The fourth-order valence-corrected chi connectivity index (χ4v) is 2.80. The highest BCUT2D eigenvalue weighted by Gasteiger charge is 2.19. The van der Waals surface area contributed by atoms with Crippen molar-refractivity contribution in [3.05, 3.63) is 29.7 Å². The third-order valence-electron chi connectivity index (χ3n) is 3.47. The number of carbonyl (C=O) groups excluding carboxylic acids is 1. The second kappa shape index (κ2) is 7.12. The molecule has 0 saturated carbocycles. The predicted octanol–water partition coefficient (Wildman–Crippen LogP) is 2.72. The van der Waals surface area contributed by atoms with Gasteiger partial charge in [0, 0.05) is 12.5 Å². The number of carbonyl (C=O) groups is 1. The lowest BCUT2D eigenvalue weighted by Gasteiger charge is -2.10. The quantitative estimate of drug-likeness (QED) is 0.802. The summed E-state index contributed by atoms with van der Waals surface area (Å²) < 4.78 is 16.1. The van der Waals surface area contributed by atoms with Crippen molar-refractivity contribution >= 4 is 17.7 Å². The van der Waals surface area contributed by atoms with Crippen molar-refractivity contribution in [3.8, 4) is 11.5 Å². The van der Waals surface area contributed by atoms with Gasteiger partial charge in [-0.1, -0.05) is 31.7 Å². The van der Waals surface area contributed by atoms with Gasteiger partial charge in [0.25, 0.3) is 5.22 Å². The Bertz CT molecular complexity index is 732. The molecule has 1 N–H and O–H groups in total. The van der Waals surface area contributed by atoms with Crippen LogP contribution in [0.1, 0.15) is 38.1 Å². The van der Waals surface area contributed by atoms with E-state index in [-0.39, 0.29) is 23.9 Å². The van der Waals surface area contributed by atoms with Crippen molar-refractivity contribution in [3.63, 3.8) is 0 Å². The fourth-order valence-electron chi connectivity index (χ4n) is 2.09. The smallest absolute Gasteiger partial charge is 0.277 e. The molecular weight excluding hydrogens is 330 g/mol. The van der Waals surface area contributed by atoms with Crippen LogP contribution >= 0.6 is 11.8 Å². The number of ether oxygens (including phenoxy) is 2. The number of aromatic nitrogens is 2. The van der Waals surface area contributed by atoms with Crippen LogP contribution in [0.25, 0.3) is 0 Å². The molecule has 2 heterocycles. The highest BCUT2D eigenvalue weighted by molar-refractivity contribution is 8.00. The second-order valence-electron chi connectivity index (χ2n) is 5.73. The molecular formula is C16H19N3O4S. The third kappa shape index (κ3) is 3.81. The molecule has 0 aliphatic carbocycles. The molecule has 1 aromatic carbocycles. The van der Waals surface area contributed by atoms with Gasteiger partial charge in [-0.2, -0.15) is 0 Å². The number of hydrogen-bond acceptors (Lipinski definition) is 7. The zero-order valence-corrected chi connectivity index (χ0v) is 14.6. The van der Waals surface area contributed by atoms with Gasteiger partial charge >= 0.3 is 0 Å². The first-order valence-electron chi connectivity index (χ1n) is 7.69. The van der Waals surface area contributed by atoms with Crippen molar-refractivity contribution < 1.29 is 18.7 Å². The van der Waals surface area contributed by atoms with Gasteiger partial charge in [0.2, 0.25) is 18.6 Å². The third-order valence-corrected chi connectivity index (χ3v) is 4.40. The van der Waals surface area contributed by atoms with Crippen LogP contribution in [-0.2, 0) is 11.3 Å². The normalized spacial score (nSPS) is 14.0. The number of hydrogen-bond donors (Lipinski definition) is 1. The fraction of sp³-hybridized carbons (Fsp3) is 0.438. The molecule has 2 aromatic rings.